The molecule has 8 heteroatoms. The molecule has 6 heterocycles. The van der Waals surface area contributed by atoms with E-state index in [1.807, 2.05) is 24.3 Å². The summed E-state index contributed by atoms with van der Waals surface area (Å²) >= 11 is 0. The van der Waals surface area contributed by atoms with Crippen molar-refractivity contribution in [3.05, 3.63) is 47.4 Å². The molecule has 3 aromatic heterocycles. The van der Waals surface area contributed by atoms with Crippen molar-refractivity contribution in [1.29, 1.82) is 0 Å². The van der Waals surface area contributed by atoms with Crippen LogP contribution in [0.3, 0.4) is 0 Å². The molecule has 0 aliphatic carbocycles. The zero-order valence-electron chi connectivity index (χ0n) is 20.6. The number of carbonyl (C=O) groups is 1. The van der Waals surface area contributed by atoms with Crippen LogP contribution in [0.5, 0.6) is 0 Å². The fourth-order valence-corrected chi connectivity index (χ4v) is 5.48. The van der Waals surface area contributed by atoms with E-state index < -0.39 is 0 Å². The van der Waals surface area contributed by atoms with Crippen LogP contribution in [0.2, 0.25) is 0 Å². The van der Waals surface area contributed by atoms with Gasteiger partial charge in [-0.15, -0.1) is 10.2 Å². The Morgan fingerprint density at radius 3 is 2.70 bits per heavy atom. The zero-order chi connectivity index (χ0) is 23.8. The molecule has 1 amide bonds. The summed E-state index contributed by atoms with van der Waals surface area (Å²) in [5.74, 6) is 2.82. The van der Waals surface area contributed by atoms with E-state index in [0.717, 1.165) is 43.9 Å². The molecule has 3 aromatic rings. The molecule has 0 radical (unpaired) electrons. The van der Waals surface area contributed by atoms with Crippen molar-refractivity contribution in [2.75, 3.05) is 16.3 Å². The quantitative estimate of drug-likeness (QED) is 0.608. The average molecular weight is 445 g/mol. The third kappa shape index (κ3) is 3.07. The number of hydrogen-bond donors (Lipinski definition) is 0. The summed E-state index contributed by atoms with van der Waals surface area (Å²) in [7, 11) is 0. The lowest BCUT2D eigenvalue weighted by Crippen LogP contribution is -2.38. The predicted molar refractivity (Wildman–Crippen MR) is 126 cm³/mol. The van der Waals surface area contributed by atoms with Gasteiger partial charge < -0.3 is 9.47 Å². The summed E-state index contributed by atoms with van der Waals surface area (Å²) in [4.78, 5) is 26.7. The maximum Gasteiger partial charge on any atom is 0.260 e. The number of aromatic nitrogens is 5. The number of amides is 1. The van der Waals surface area contributed by atoms with Gasteiger partial charge in [-0.2, -0.15) is 0 Å². The molecule has 0 spiro atoms. The standard InChI is InChI=1S/C25H29N7O/c1-24(2)10-6-12-31(24)21-13-17-16(14-26-21)15-30(23(17)33)19-8-5-7-18(27-19)22-29-28-20-9-11-25(3,4)32(20)22/h5,7-8,13-14H,6,9-12,15H2,1-4H3/i14D. The molecule has 0 aromatic carbocycles. The van der Waals surface area contributed by atoms with Gasteiger partial charge >= 0.3 is 0 Å². The fourth-order valence-electron chi connectivity index (χ4n) is 5.48. The monoisotopic (exact) mass is 444 g/mol. The van der Waals surface area contributed by atoms with Gasteiger partial charge in [0.1, 0.15) is 23.2 Å². The van der Waals surface area contributed by atoms with Gasteiger partial charge in [-0.05, 0) is 65.2 Å². The van der Waals surface area contributed by atoms with Crippen LogP contribution >= 0.6 is 0 Å². The van der Waals surface area contributed by atoms with E-state index in [1.165, 1.54) is 0 Å². The van der Waals surface area contributed by atoms with Crippen LogP contribution in [0.15, 0.2) is 30.4 Å². The molecule has 0 saturated carbocycles. The molecule has 170 valence electrons. The Kier molecular flexibility index (Phi) is 3.99. The number of aryl methyl sites for hydroxylation is 1. The summed E-state index contributed by atoms with van der Waals surface area (Å²) in [5.41, 5.74) is 1.80. The normalized spacial score (nSPS) is 20.8. The lowest BCUT2D eigenvalue weighted by molar-refractivity contribution is 0.0996. The number of pyridine rings is 2. The second-order valence-corrected chi connectivity index (χ2v) is 10.5. The molecular weight excluding hydrogens is 414 g/mol. The van der Waals surface area contributed by atoms with Gasteiger partial charge in [0.15, 0.2) is 5.82 Å². The number of carbonyl (C=O) groups excluding carboxylic acids is 1. The Morgan fingerprint density at radius 1 is 1.06 bits per heavy atom. The summed E-state index contributed by atoms with van der Waals surface area (Å²) in [6, 6.07) is 7.51. The molecule has 0 unspecified atom stereocenters. The highest BCUT2D eigenvalue weighted by Gasteiger charge is 2.37. The number of rotatable bonds is 3. The SMILES string of the molecule is [2H]c1nc(N2CCCC2(C)C)cc2c1CN(c1cccc(-c3nnc4n3C(C)(C)CC4)n1)C2=O. The molecule has 8 nitrogen and oxygen atoms in total. The zero-order valence-corrected chi connectivity index (χ0v) is 19.6. The number of hydrogen-bond acceptors (Lipinski definition) is 6. The van der Waals surface area contributed by atoms with Crippen molar-refractivity contribution in [3.8, 4) is 11.5 Å². The van der Waals surface area contributed by atoms with Gasteiger partial charge in [0, 0.05) is 35.8 Å². The molecule has 3 aliphatic heterocycles. The van der Waals surface area contributed by atoms with Gasteiger partial charge in [0.05, 0.1) is 13.5 Å². The Hall–Kier alpha value is -3.29. The molecule has 1 saturated heterocycles. The summed E-state index contributed by atoms with van der Waals surface area (Å²) < 4.78 is 10.7. The minimum atomic E-state index is -0.138. The van der Waals surface area contributed by atoms with Crippen LogP contribution in [0.25, 0.3) is 11.5 Å². The fraction of sp³-hybridized carbons (Fsp3) is 0.480. The number of fused-ring (bicyclic) bond motifs is 2. The second kappa shape index (κ2) is 6.85. The third-order valence-corrected chi connectivity index (χ3v) is 7.41. The highest BCUT2D eigenvalue weighted by molar-refractivity contribution is 6.10. The van der Waals surface area contributed by atoms with Crippen LogP contribution < -0.4 is 9.80 Å². The Balaban J connectivity index is 1.35. The molecule has 6 rings (SSSR count). The van der Waals surface area contributed by atoms with Crippen LogP contribution in [0.4, 0.5) is 11.6 Å². The highest BCUT2D eigenvalue weighted by Crippen LogP contribution is 2.37. The highest BCUT2D eigenvalue weighted by atomic mass is 16.2. The molecule has 1 fully saturated rings. The van der Waals surface area contributed by atoms with Crippen LogP contribution in [-0.2, 0) is 18.5 Å². The number of nitrogens with zero attached hydrogens (tertiary/aromatic N) is 7. The Morgan fingerprint density at radius 2 is 1.91 bits per heavy atom. The van der Waals surface area contributed by atoms with E-state index in [-0.39, 0.29) is 23.2 Å². The number of anilines is 2. The smallest absolute Gasteiger partial charge is 0.260 e. The van der Waals surface area contributed by atoms with E-state index >= 15 is 0 Å². The lowest BCUT2D eigenvalue weighted by Gasteiger charge is -2.32. The topological polar surface area (TPSA) is 80.0 Å². The first-order valence-corrected chi connectivity index (χ1v) is 11.7. The van der Waals surface area contributed by atoms with Gasteiger partial charge in [-0.1, -0.05) is 6.07 Å². The summed E-state index contributed by atoms with van der Waals surface area (Å²) in [6.45, 7) is 9.92. The van der Waals surface area contributed by atoms with Crippen LogP contribution in [-0.4, -0.2) is 42.7 Å². The molecule has 0 atom stereocenters. The van der Waals surface area contributed by atoms with Crippen LogP contribution in [0, 0.1) is 0 Å². The first-order valence-electron chi connectivity index (χ1n) is 12.2. The van der Waals surface area contributed by atoms with Gasteiger partial charge in [-0.3, -0.25) is 9.69 Å². The largest absolute Gasteiger partial charge is 0.351 e. The first-order chi connectivity index (χ1) is 16.2. The maximum absolute atomic E-state index is 13.5. The Labute approximate surface area is 195 Å². The molecule has 0 N–H and O–H groups in total. The van der Waals surface area contributed by atoms with Gasteiger partial charge in [0.2, 0.25) is 0 Å². The summed E-state index contributed by atoms with van der Waals surface area (Å²) in [5, 5.41) is 8.78. The van der Waals surface area contributed by atoms with E-state index in [0.29, 0.717) is 35.0 Å². The molecule has 0 bridgehead atoms. The predicted octanol–water partition coefficient (Wildman–Crippen LogP) is 3.96. The van der Waals surface area contributed by atoms with Crippen LogP contribution in [0.1, 0.15) is 70.1 Å². The minimum absolute atomic E-state index is 0.0306. The van der Waals surface area contributed by atoms with Crippen molar-refractivity contribution in [3.63, 3.8) is 0 Å². The van der Waals surface area contributed by atoms with Crippen molar-refractivity contribution < 1.29 is 6.17 Å². The van der Waals surface area contributed by atoms with Crippen molar-refractivity contribution >= 4 is 17.5 Å². The molecular formula is C25H29N7O. The lowest BCUT2D eigenvalue weighted by atomic mass is 10.0. The van der Waals surface area contributed by atoms with E-state index in [1.54, 1.807) is 4.90 Å². The molecule has 3 aliphatic rings. The second-order valence-electron chi connectivity index (χ2n) is 10.5. The molecule has 33 heavy (non-hydrogen) atoms. The Bertz CT molecular complexity index is 1330. The maximum atomic E-state index is 13.5. The van der Waals surface area contributed by atoms with E-state index in [4.69, 9.17) is 6.35 Å². The third-order valence-electron chi connectivity index (χ3n) is 7.41. The van der Waals surface area contributed by atoms with Gasteiger partial charge in [0.25, 0.3) is 5.91 Å². The van der Waals surface area contributed by atoms with E-state index in [2.05, 4.69) is 52.3 Å². The average Bonchev–Trinajstić information content (AvgIpc) is 3.53. The summed E-state index contributed by atoms with van der Waals surface area (Å²) in [6.07, 6.45) is 4.23. The minimum Gasteiger partial charge on any atom is -0.351 e. The first kappa shape index (κ1) is 19.2. The van der Waals surface area contributed by atoms with Crippen molar-refractivity contribution in [2.24, 2.45) is 0 Å². The van der Waals surface area contributed by atoms with E-state index in [9.17, 15) is 4.79 Å². The van der Waals surface area contributed by atoms with Crippen molar-refractivity contribution in [1.82, 2.24) is 24.7 Å². The van der Waals surface area contributed by atoms with Gasteiger partial charge in [-0.25, -0.2) is 9.97 Å². The van der Waals surface area contributed by atoms with Crippen molar-refractivity contribution in [2.45, 2.75) is 71.0 Å².